The van der Waals surface area contributed by atoms with Crippen molar-refractivity contribution in [3.8, 4) is 0 Å². The van der Waals surface area contributed by atoms with E-state index in [0.29, 0.717) is 18.7 Å². The SMILES string of the molecule is CC1CN(c2ncnc3nc[nH]c23)CCS1(=O)=O. The van der Waals surface area contributed by atoms with Crippen LogP contribution in [0, 0.1) is 0 Å². The first kappa shape index (κ1) is 11.4. The highest BCUT2D eigenvalue weighted by molar-refractivity contribution is 7.92. The van der Waals surface area contributed by atoms with E-state index in [1.54, 1.807) is 13.3 Å². The Morgan fingerprint density at radius 3 is 3.00 bits per heavy atom. The van der Waals surface area contributed by atoms with Gasteiger partial charge in [0.25, 0.3) is 0 Å². The lowest BCUT2D eigenvalue weighted by Gasteiger charge is -2.31. The van der Waals surface area contributed by atoms with Crippen LogP contribution in [0.5, 0.6) is 0 Å². The molecule has 0 saturated carbocycles. The van der Waals surface area contributed by atoms with Crippen LogP contribution in [-0.4, -0.2) is 52.4 Å². The van der Waals surface area contributed by atoms with Crippen molar-refractivity contribution in [3.05, 3.63) is 12.7 Å². The number of sulfone groups is 1. The van der Waals surface area contributed by atoms with Crippen molar-refractivity contribution in [1.29, 1.82) is 0 Å². The van der Waals surface area contributed by atoms with E-state index in [2.05, 4.69) is 19.9 Å². The van der Waals surface area contributed by atoms with Crippen LogP contribution >= 0.6 is 0 Å². The van der Waals surface area contributed by atoms with Gasteiger partial charge in [-0.05, 0) is 6.92 Å². The molecule has 3 heterocycles. The summed E-state index contributed by atoms with van der Waals surface area (Å²) in [5.41, 5.74) is 1.35. The smallest absolute Gasteiger partial charge is 0.182 e. The molecule has 0 bridgehead atoms. The third-order valence-corrected chi connectivity index (χ3v) is 5.37. The molecule has 0 amide bonds. The van der Waals surface area contributed by atoms with Gasteiger partial charge in [-0.2, -0.15) is 0 Å². The molecule has 18 heavy (non-hydrogen) atoms. The van der Waals surface area contributed by atoms with E-state index in [1.807, 2.05) is 4.90 Å². The number of hydrogen-bond acceptors (Lipinski definition) is 6. The van der Waals surface area contributed by atoms with Gasteiger partial charge >= 0.3 is 0 Å². The van der Waals surface area contributed by atoms with Crippen LogP contribution in [0.4, 0.5) is 5.82 Å². The third-order valence-electron chi connectivity index (χ3n) is 3.24. The predicted molar refractivity (Wildman–Crippen MR) is 67.1 cm³/mol. The largest absolute Gasteiger partial charge is 0.352 e. The highest BCUT2D eigenvalue weighted by Crippen LogP contribution is 2.23. The van der Waals surface area contributed by atoms with Crippen molar-refractivity contribution in [2.45, 2.75) is 12.2 Å². The summed E-state index contributed by atoms with van der Waals surface area (Å²) in [7, 11) is -2.95. The number of imidazole rings is 1. The van der Waals surface area contributed by atoms with Crippen LogP contribution < -0.4 is 4.90 Å². The minimum Gasteiger partial charge on any atom is -0.352 e. The molecule has 0 aromatic carbocycles. The molecule has 0 radical (unpaired) electrons. The molecule has 1 N–H and O–H groups in total. The Labute approximate surface area is 104 Å². The fraction of sp³-hybridized carbons (Fsp3) is 0.500. The van der Waals surface area contributed by atoms with Gasteiger partial charge in [0.05, 0.1) is 17.3 Å². The zero-order valence-electron chi connectivity index (χ0n) is 9.87. The second-order valence-corrected chi connectivity index (χ2v) is 6.96. The lowest BCUT2D eigenvalue weighted by atomic mass is 10.3. The summed E-state index contributed by atoms with van der Waals surface area (Å²) >= 11 is 0. The topological polar surface area (TPSA) is 91.8 Å². The van der Waals surface area contributed by atoms with Gasteiger partial charge in [0.1, 0.15) is 11.8 Å². The number of rotatable bonds is 1. The molecule has 96 valence electrons. The molecule has 2 aromatic heterocycles. The van der Waals surface area contributed by atoms with Crippen molar-refractivity contribution in [3.63, 3.8) is 0 Å². The predicted octanol–water partition coefficient (Wildman–Crippen LogP) is -0.0238. The van der Waals surface area contributed by atoms with Crippen LogP contribution in [0.1, 0.15) is 6.92 Å². The molecular weight excluding hydrogens is 254 g/mol. The van der Waals surface area contributed by atoms with Gasteiger partial charge in [-0.3, -0.25) is 0 Å². The number of nitrogens with one attached hydrogen (secondary N) is 1. The van der Waals surface area contributed by atoms with E-state index in [1.165, 1.54) is 6.33 Å². The molecule has 0 aliphatic carbocycles. The molecule has 1 fully saturated rings. The van der Waals surface area contributed by atoms with Crippen molar-refractivity contribution < 1.29 is 8.42 Å². The molecular formula is C10H13N5O2S. The highest BCUT2D eigenvalue weighted by Gasteiger charge is 2.30. The Balaban J connectivity index is 1.99. The van der Waals surface area contributed by atoms with Crippen molar-refractivity contribution in [2.24, 2.45) is 0 Å². The quantitative estimate of drug-likeness (QED) is 0.780. The molecule has 8 heteroatoms. The van der Waals surface area contributed by atoms with Crippen molar-refractivity contribution in [2.75, 3.05) is 23.7 Å². The Morgan fingerprint density at radius 2 is 2.22 bits per heavy atom. The van der Waals surface area contributed by atoms with Gasteiger partial charge in [-0.15, -0.1) is 0 Å². The number of H-pyrrole nitrogens is 1. The Morgan fingerprint density at radius 1 is 1.39 bits per heavy atom. The summed E-state index contributed by atoms with van der Waals surface area (Å²) < 4.78 is 23.4. The van der Waals surface area contributed by atoms with E-state index in [0.717, 1.165) is 11.3 Å². The zero-order chi connectivity index (χ0) is 12.8. The number of aromatic nitrogens is 4. The van der Waals surface area contributed by atoms with E-state index in [-0.39, 0.29) is 11.0 Å². The molecule has 1 atom stereocenters. The minimum atomic E-state index is -2.95. The Kier molecular flexibility index (Phi) is 2.47. The monoisotopic (exact) mass is 267 g/mol. The molecule has 0 spiro atoms. The molecule has 3 rings (SSSR count). The Bertz CT molecular complexity index is 680. The highest BCUT2D eigenvalue weighted by atomic mass is 32.2. The first-order valence-corrected chi connectivity index (χ1v) is 7.40. The summed E-state index contributed by atoms with van der Waals surface area (Å²) in [4.78, 5) is 17.3. The average molecular weight is 267 g/mol. The van der Waals surface area contributed by atoms with Crippen LogP contribution in [-0.2, 0) is 9.84 Å². The van der Waals surface area contributed by atoms with Gasteiger partial charge in [0.15, 0.2) is 21.3 Å². The molecule has 1 aliphatic heterocycles. The van der Waals surface area contributed by atoms with Crippen LogP contribution in [0.25, 0.3) is 11.2 Å². The number of hydrogen-bond donors (Lipinski definition) is 1. The van der Waals surface area contributed by atoms with E-state index in [4.69, 9.17) is 0 Å². The van der Waals surface area contributed by atoms with Crippen molar-refractivity contribution in [1.82, 2.24) is 19.9 Å². The summed E-state index contributed by atoms with van der Waals surface area (Å²) in [6.07, 6.45) is 3.01. The Hall–Kier alpha value is -1.70. The number of nitrogens with zero attached hydrogens (tertiary/aromatic N) is 4. The van der Waals surface area contributed by atoms with E-state index >= 15 is 0 Å². The first-order valence-electron chi connectivity index (χ1n) is 5.68. The molecule has 1 aliphatic rings. The number of aromatic amines is 1. The van der Waals surface area contributed by atoms with Crippen LogP contribution in [0.2, 0.25) is 0 Å². The fourth-order valence-corrected chi connectivity index (χ4v) is 3.42. The van der Waals surface area contributed by atoms with Gasteiger partial charge in [0, 0.05) is 13.1 Å². The van der Waals surface area contributed by atoms with E-state index in [9.17, 15) is 8.42 Å². The standard InChI is InChI=1S/C10H13N5O2S/c1-7-4-15(2-3-18(7,16)17)10-8-9(12-5-11-8)13-6-14-10/h5-7H,2-4H2,1H3,(H,11,12,13,14). The molecule has 2 aromatic rings. The normalized spacial score (nSPS) is 23.4. The maximum absolute atomic E-state index is 11.7. The summed E-state index contributed by atoms with van der Waals surface area (Å²) in [6, 6.07) is 0. The van der Waals surface area contributed by atoms with Gasteiger partial charge in [-0.25, -0.2) is 23.4 Å². The molecule has 1 saturated heterocycles. The number of fused-ring (bicyclic) bond motifs is 1. The van der Waals surface area contributed by atoms with Gasteiger partial charge in [-0.1, -0.05) is 0 Å². The van der Waals surface area contributed by atoms with E-state index < -0.39 is 9.84 Å². The maximum Gasteiger partial charge on any atom is 0.182 e. The molecule has 1 unspecified atom stereocenters. The first-order chi connectivity index (χ1) is 8.58. The average Bonchev–Trinajstić information content (AvgIpc) is 2.80. The number of anilines is 1. The summed E-state index contributed by atoms with van der Waals surface area (Å²) in [5.74, 6) is 0.882. The van der Waals surface area contributed by atoms with Crippen LogP contribution in [0.3, 0.4) is 0 Å². The summed E-state index contributed by atoms with van der Waals surface area (Å²) in [6.45, 7) is 2.64. The van der Waals surface area contributed by atoms with Gasteiger partial charge < -0.3 is 9.88 Å². The minimum absolute atomic E-state index is 0.161. The summed E-state index contributed by atoms with van der Waals surface area (Å²) in [5, 5.41) is -0.376. The fourth-order valence-electron chi connectivity index (χ4n) is 2.14. The molecule has 7 nitrogen and oxygen atoms in total. The van der Waals surface area contributed by atoms with Gasteiger partial charge in [0.2, 0.25) is 0 Å². The third kappa shape index (κ3) is 1.72. The second-order valence-electron chi connectivity index (χ2n) is 4.42. The zero-order valence-corrected chi connectivity index (χ0v) is 10.7. The lowest BCUT2D eigenvalue weighted by molar-refractivity contribution is 0.568. The van der Waals surface area contributed by atoms with Crippen molar-refractivity contribution >= 4 is 26.8 Å². The van der Waals surface area contributed by atoms with Crippen LogP contribution in [0.15, 0.2) is 12.7 Å². The lowest BCUT2D eigenvalue weighted by Crippen LogP contribution is -2.46. The second kappa shape index (κ2) is 3.91. The maximum atomic E-state index is 11.7.